The van der Waals surface area contributed by atoms with Crippen LogP contribution in [0.4, 0.5) is 0 Å². The number of esters is 1. The molecule has 6 nitrogen and oxygen atoms in total. The van der Waals surface area contributed by atoms with E-state index >= 15 is 0 Å². The first-order chi connectivity index (χ1) is 16.7. The fourth-order valence-corrected chi connectivity index (χ4v) is 7.05. The lowest BCUT2D eigenvalue weighted by molar-refractivity contribution is -0.145. The lowest BCUT2D eigenvalue weighted by Gasteiger charge is -2.35. The number of carbonyl (C=O) groups is 1. The largest absolute Gasteiger partial charge is 0.481 e. The minimum absolute atomic E-state index is 0.111. The third kappa shape index (κ3) is 6.86. The summed E-state index contributed by atoms with van der Waals surface area (Å²) < 4.78 is 42.0. The van der Waals surface area contributed by atoms with Gasteiger partial charge in [0.05, 0.1) is 16.0 Å². The molecule has 1 N–H and O–H groups in total. The van der Waals surface area contributed by atoms with E-state index < -0.39 is 21.5 Å². The van der Waals surface area contributed by atoms with Gasteiger partial charge in [0, 0.05) is 17.5 Å². The van der Waals surface area contributed by atoms with Crippen LogP contribution in [-0.4, -0.2) is 33.1 Å². The number of benzene rings is 2. The molecule has 0 saturated carbocycles. The Morgan fingerprint density at radius 1 is 1.09 bits per heavy atom. The van der Waals surface area contributed by atoms with Crippen molar-refractivity contribution in [2.75, 3.05) is 13.2 Å². The van der Waals surface area contributed by atoms with Crippen molar-refractivity contribution in [3.05, 3.63) is 58.1 Å². The molecule has 2 aromatic rings. The van der Waals surface area contributed by atoms with Crippen LogP contribution in [0.3, 0.4) is 0 Å². The Bertz CT molecular complexity index is 1100. The van der Waals surface area contributed by atoms with Crippen LogP contribution in [0.25, 0.3) is 0 Å². The number of fused-ring (bicyclic) bond motifs is 1. The highest BCUT2D eigenvalue weighted by Crippen LogP contribution is 2.45. The Morgan fingerprint density at radius 3 is 2.34 bits per heavy atom. The van der Waals surface area contributed by atoms with Gasteiger partial charge in [0.25, 0.3) is 0 Å². The van der Waals surface area contributed by atoms with Crippen LogP contribution < -0.4 is 9.46 Å². The zero-order valence-electron chi connectivity index (χ0n) is 20.8. The monoisotopic (exact) mass is 565 g/mol. The SMILES string of the molecule is CCCCC1(CCCC)CC(c2ccccc2)c2cc(Br)c(OCC(=O)OCC)cc2S(=O)(=O)N1. The van der Waals surface area contributed by atoms with E-state index in [1.165, 1.54) is 6.07 Å². The van der Waals surface area contributed by atoms with Crippen molar-refractivity contribution in [3.63, 3.8) is 0 Å². The number of carbonyl (C=O) groups excluding carboxylic acids is 1. The highest BCUT2D eigenvalue weighted by atomic mass is 79.9. The molecular weight excluding hydrogens is 530 g/mol. The van der Waals surface area contributed by atoms with Crippen LogP contribution in [0.15, 0.2) is 51.8 Å². The lowest BCUT2D eigenvalue weighted by Crippen LogP contribution is -2.48. The first kappa shape index (κ1) is 27.7. The Morgan fingerprint density at radius 2 is 1.74 bits per heavy atom. The molecule has 0 bridgehead atoms. The summed E-state index contributed by atoms with van der Waals surface area (Å²) >= 11 is 3.55. The molecule has 3 rings (SSSR count). The molecule has 1 aliphatic rings. The van der Waals surface area contributed by atoms with Gasteiger partial charge in [-0.15, -0.1) is 0 Å². The molecule has 1 atom stereocenters. The summed E-state index contributed by atoms with van der Waals surface area (Å²) in [5.41, 5.74) is 1.27. The predicted molar refractivity (Wildman–Crippen MR) is 141 cm³/mol. The van der Waals surface area contributed by atoms with Gasteiger partial charge in [-0.05, 0) is 59.3 Å². The van der Waals surface area contributed by atoms with Gasteiger partial charge in [-0.3, -0.25) is 0 Å². The van der Waals surface area contributed by atoms with E-state index in [-0.39, 0.29) is 24.0 Å². The van der Waals surface area contributed by atoms with E-state index in [0.29, 0.717) is 16.6 Å². The molecular formula is C27H36BrNO5S. The molecule has 0 radical (unpaired) electrons. The second kappa shape index (κ2) is 12.4. The summed E-state index contributed by atoms with van der Waals surface area (Å²) in [6.45, 7) is 5.94. The molecule has 192 valence electrons. The number of unbranched alkanes of at least 4 members (excludes halogenated alkanes) is 2. The quantitative estimate of drug-likeness (QED) is 0.322. The van der Waals surface area contributed by atoms with Gasteiger partial charge >= 0.3 is 5.97 Å². The average Bonchev–Trinajstić information content (AvgIpc) is 2.93. The van der Waals surface area contributed by atoms with Crippen molar-refractivity contribution in [2.45, 2.75) is 82.1 Å². The Balaban J connectivity index is 2.14. The molecule has 0 aliphatic carbocycles. The normalized spacial score (nSPS) is 18.3. The zero-order chi connectivity index (χ0) is 25.5. The second-order valence-electron chi connectivity index (χ2n) is 9.17. The summed E-state index contributed by atoms with van der Waals surface area (Å²) in [6, 6.07) is 13.5. The third-order valence-electron chi connectivity index (χ3n) is 6.55. The van der Waals surface area contributed by atoms with Crippen LogP contribution in [0.2, 0.25) is 0 Å². The topological polar surface area (TPSA) is 81.7 Å². The molecule has 0 fully saturated rings. The first-order valence-corrected chi connectivity index (χ1v) is 14.7. The van der Waals surface area contributed by atoms with Crippen molar-refractivity contribution in [1.29, 1.82) is 0 Å². The van der Waals surface area contributed by atoms with Crippen LogP contribution in [-0.2, 0) is 19.6 Å². The van der Waals surface area contributed by atoms with E-state index in [1.807, 2.05) is 24.3 Å². The van der Waals surface area contributed by atoms with Crippen molar-refractivity contribution >= 4 is 31.9 Å². The fraction of sp³-hybridized carbons (Fsp3) is 0.519. The van der Waals surface area contributed by atoms with Crippen LogP contribution in [0.1, 0.15) is 82.8 Å². The molecule has 1 aliphatic heterocycles. The minimum Gasteiger partial charge on any atom is -0.481 e. The van der Waals surface area contributed by atoms with Gasteiger partial charge in [0.2, 0.25) is 10.0 Å². The maximum atomic E-state index is 13.8. The van der Waals surface area contributed by atoms with Crippen LogP contribution in [0, 0.1) is 0 Å². The van der Waals surface area contributed by atoms with Gasteiger partial charge in [-0.1, -0.05) is 69.9 Å². The Labute approximate surface area is 218 Å². The third-order valence-corrected chi connectivity index (χ3v) is 8.80. The molecule has 0 saturated heterocycles. The van der Waals surface area contributed by atoms with Gasteiger partial charge in [-0.2, -0.15) is 0 Å². The summed E-state index contributed by atoms with van der Waals surface area (Å²) in [6.07, 6.45) is 6.13. The highest BCUT2D eigenvalue weighted by molar-refractivity contribution is 9.10. The van der Waals surface area contributed by atoms with Gasteiger partial charge in [0.1, 0.15) is 5.75 Å². The van der Waals surface area contributed by atoms with E-state index in [1.54, 1.807) is 6.92 Å². The lowest BCUT2D eigenvalue weighted by atomic mass is 9.75. The summed E-state index contributed by atoms with van der Waals surface area (Å²) in [4.78, 5) is 12.0. The zero-order valence-corrected chi connectivity index (χ0v) is 23.2. The van der Waals surface area contributed by atoms with E-state index in [0.717, 1.165) is 49.7 Å². The molecule has 8 heteroatoms. The average molecular weight is 567 g/mol. The second-order valence-corrected chi connectivity index (χ2v) is 11.7. The van der Waals surface area contributed by atoms with Gasteiger partial charge in [-0.25, -0.2) is 17.9 Å². The van der Waals surface area contributed by atoms with Crippen molar-refractivity contribution in [2.24, 2.45) is 0 Å². The molecule has 1 unspecified atom stereocenters. The van der Waals surface area contributed by atoms with E-state index in [2.05, 4.69) is 46.6 Å². The van der Waals surface area contributed by atoms with Gasteiger partial charge < -0.3 is 9.47 Å². The summed E-state index contributed by atoms with van der Waals surface area (Å²) in [7, 11) is -3.84. The molecule has 2 aromatic carbocycles. The number of hydrogen-bond acceptors (Lipinski definition) is 5. The standard InChI is InChI=1S/C27H36BrNO5S/c1-4-7-14-27(15-8-5-2)18-22(20-12-10-9-11-13-20)21-16-23(28)24(34-19-26(30)33-6-3)17-25(21)35(31,32)29-27/h9-13,16-17,22,29H,4-8,14-15,18-19H2,1-3H3. The maximum absolute atomic E-state index is 13.8. The number of halogens is 1. The number of hydrogen-bond donors (Lipinski definition) is 1. The first-order valence-electron chi connectivity index (χ1n) is 12.5. The Hall–Kier alpha value is -1.90. The van der Waals surface area contributed by atoms with Crippen LogP contribution in [0.5, 0.6) is 5.75 Å². The Kier molecular flexibility index (Phi) is 9.78. The summed E-state index contributed by atoms with van der Waals surface area (Å²) in [5.74, 6) is -0.320. The predicted octanol–water partition coefficient (Wildman–Crippen LogP) is 6.32. The number of rotatable bonds is 11. The summed E-state index contributed by atoms with van der Waals surface area (Å²) in [5, 5.41) is 0. The van der Waals surface area contributed by atoms with Crippen molar-refractivity contribution in [3.8, 4) is 5.75 Å². The van der Waals surface area contributed by atoms with Crippen molar-refractivity contribution < 1.29 is 22.7 Å². The smallest absolute Gasteiger partial charge is 0.344 e. The molecule has 35 heavy (non-hydrogen) atoms. The van der Waals surface area contributed by atoms with E-state index in [9.17, 15) is 13.2 Å². The minimum atomic E-state index is -3.84. The van der Waals surface area contributed by atoms with Crippen molar-refractivity contribution in [1.82, 2.24) is 4.72 Å². The fourth-order valence-electron chi connectivity index (χ4n) is 4.83. The number of sulfonamides is 1. The van der Waals surface area contributed by atoms with E-state index in [4.69, 9.17) is 9.47 Å². The number of nitrogens with one attached hydrogen (secondary N) is 1. The maximum Gasteiger partial charge on any atom is 0.344 e. The van der Waals surface area contributed by atoms with Gasteiger partial charge in [0.15, 0.2) is 6.61 Å². The number of ether oxygens (including phenoxy) is 2. The molecule has 0 aromatic heterocycles. The molecule has 1 heterocycles. The highest BCUT2D eigenvalue weighted by Gasteiger charge is 2.42. The molecule has 0 spiro atoms. The molecule has 0 amide bonds. The van der Waals surface area contributed by atoms with Crippen LogP contribution >= 0.6 is 15.9 Å².